The Balaban J connectivity index is 1.56. The molecule has 4 rings (SSSR count). The Bertz CT molecular complexity index is 1270. The smallest absolute Gasteiger partial charge is 0.264 e. The predicted molar refractivity (Wildman–Crippen MR) is 135 cm³/mol. The molecular formula is C27H30N2O5S. The fourth-order valence-corrected chi connectivity index (χ4v) is 5.26. The predicted octanol–water partition coefficient (Wildman–Crippen LogP) is 4.14. The highest BCUT2D eigenvalue weighted by Gasteiger charge is 2.38. The topological polar surface area (TPSA) is 84.9 Å². The Kier molecular flexibility index (Phi) is 7.03. The average molecular weight is 495 g/mol. The zero-order valence-electron chi connectivity index (χ0n) is 20.1. The molecule has 3 aromatic carbocycles. The average Bonchev–Trinajstić information content (AvgIpc) is 2.86. The highest BCUT2D eigenvalue weighted by molar-refractivity contribution is 7.92. The SMILES string of the molecule is CC(C)(C)c1ccc2c(c1)N(S(=O)(=O)c1ccccc1)C[C@H](C(=O)NCCOc1ccccc1)O2. The number of nitrogens with one attached hydrogen (secondary N) is 1. The second-order valence-corrected chi connectivity index (χ2v) is 11.2. The van der Waals surface area contributed by atoms with E-state index in [2.05, 4.69) is 26.1 Å². The molecule has 1 amide bonds. The van der Waals surface area contributed by atoms with Crippen molar-refractivity contribution in [2.75, 3.05) is 24.0 Å². The zero-order chi connectivity index (χ0) is 25.1. The summed E-state index contributed by atoms with van der Waals surface area (Å²) in [5.41, 5.74) is 1.20. The van der Waals surface area contributed by atoms with Crippen LogP contribution < -0.4 is 19.1 Å². The Morgan fingerprint density at radius 2 is 1.69 bits per heavy atom. The molecule has 184 valence electrons. The highest BCUT2D eigenvalue weighted by atomic mass is 32.2. The zero-order valence-corrected chi connectivity index (χ0v) is 20.9. The van der Waals surface area contributed by atoms with Crippen molar-refractivity contribution >= 4 is 21.6 Å². The quantitative estimate of drug-likeness (QED) is 0.499. The molecule has 1 aliphatic heterocycles. The van der Waals surface area contributed by atoms with Crippen molar-refractivity contribution in [2.45, 2.75) is 37.2 Å². The first-order valence-corrected chi connectivity index (χ1v) is 12.9. The number of hydrogen-bond acceptors (Lipinski definition) is 5. The van der Waals surface area contributed by atoms with Crippen molar-refractivity contribution in [1.82, 2.24) is 5.32 Å². The summed E-state index contributed by atoms with van der Waals surface area (Å²) in [6, 6.07) is 23.0. The number of benzene rings is 3. The lowest BCUT2D eigenvalue weighted by Crippen LogP contribution is -2.51. The number of fused-ring (bicyclic) bond motifs is 1. The van der Waals surface area contributed by atoms with Gasteiger partial charge in [-0.15, -0.1) is 0 Å². The summed E-state index contributed by atoms with van der Waals surface area (Å²) in [7, 11) is -3.92. The molecule has 7 nitrogen and oxygen atoms in total. The van der Waals surface area contributed by atoms with Gasteiger partial charge in [-0.05, 0) is 47.4 Å². The second kappa shape index (κ2) is 10.00. The Morgan fingerprint density at radius 3 is 2.34 bits per heavy atom. The number of carbonyl (C=O) groups is 1. The van der Waals surface area contributed by atoms with Gasteiger partial charge < -0.3 is 14.8 Å². The third-order valence-electron chi connectivity index (χ3n) is 5.73. The number of carbonyl (C=O) groups excluding carboxylic acids is 1. The number of amides is 1. The number of para-hydroxylation sites is 1. The number of nitrogens with zero attached hydrogens (tertiary/aromatic N) is 1. The fourth-order valence-electron chi connectivity index (χ4n) is 3.78. The van der Waals surface area contributed by atoms with Crippen molar-refractivity contribution in [3.63, 3.8) is 0 Å². The van der Waals surface area contributed by atoms with Crippen LogP contribution >= 0.6 is 0 Å². The number of ether oxygens (including phenoxy) is 2. The van der Waals surface area contributed by atoms with E-state index in [1.165, 1.54) is 4.31 Å². The molecule has 1 aliphatic rings. The van der Waals surface area contributed by atoms with E-state index in [1.54, 1.807) is 36.4 Å². The maximum atomic E-state index is 13.6. The third kappa shape index (κ3) is 5.59. The minimum atomic E-state index is -3.92. The lowest BCUT2D eigenvalue weighted by molar-refractivity contribution is -0.127. The van der Waals surface area contributed by atoms with Crippen LogP contribution in [0.15, 0.2) is 83.8 Å². The van der Waals surface area contributed by atoms with Crippen LogP contribution in [-0.2, 0) is 20.2 Å². The van der Waals surface area contributed by atoms with Crippen molar-refractivity contribution in [2.24, 2.45) is 0 Å². The molecule has 0 aliphatic carbocycles. The van der Waals surface area contributed by atoms with Crippen LogP contribution in [0.2, 0.25) is 0 Å². The lowest BCUT2D eigenvalue weighted by Gasteiger charge is -2.36. The highest BCUT2D eigenvalue weighted by Crippen LogP contribution is 2.40. The summed E-state index contributed by atoms with van der Waals surface area (Å²) in [4.78, 5) is 13.1. The first kappa shape index (κ1) is 24.6. The molecule has 0 bridgehead atoms. The third-order valence-corrected chi connectivity index (χ3v) is 7.53. The van der Waals surface area contributed by atoms with Gasteiger partial charge in [-0.1, -0.05) is 63.2 Å². The van der Waals surface area contributed by atoms with Crippen molar-refractivity contribution in [3.05, 3.63) is 84.4 Å². The van der Waals surface area contributed by atoms with E-state index in [-0.39, 0.29) is 30.0 Å². The number of rotatable bonds is 7. The van der Waals surface area contributed by atoms with Gasteiger partial charge in [0.2, 0.25) is 0 Å². The van der Waals surface area contributed by atoms with Crippen LogP contribution in [0.1, 0.15) is 26.3 Å². The number of hydrogen-bond donors (Lipinski definition) is 1. The number of sulfonamides is 1. The molecule has 1 atom stereocenters. The van der Waals surface area contributed by atoms with Crippen LogP contribution in [0.25, 0.3) is 0 Å². The van der Waals surface area contributed by atoms with Gasteiger partial charge in [0.15, 0.2) is 6.10 Å². The van der Waals surface area contributed by atoms with Gasteiger partial charge in [0.1, 0.15) is 18.1 Å². The maximum absolute atomic E-state index is 13.6. The van der Waals surface area contributed by atoms with E-state index < -0.39 is 22.0 Å². The summed E-state index contributed by atoms with van der Waals surface area (Å²) in [6.07, 6.45) is -1.00. The minimum absolute atomic E-state index is 0.136. The number of anilines is 1. The lowest BCUT2D eigenvalue weighted by atomic mass is 9.86. The van der Waals surface area contributed by atoms with Crippen molar-refractivity contribution < 1.29 is 22.7 Å². The van der Waals surface area contributed by atoms with Crippen LogP contribution in [0.4, 0.5) is 5.69 Å². The standard InChI is InChI=1S/C27H30N2O5S/c1-27(2,3)20-14-15-24-23(18-20)29(35(31,32)22-12-8-5-9-13-22)19-25(34-24)26(30)28-16-17-33-21-10-6-4-7-11-21/h4-15,18,25H,16-17,19H2,1-3H3,(H,28,30)/t25-/m1/s1. The maximum Gasteiger partial charge on any atom is 0.264 e. The van der Waals surface area contributed by atoms with Crippen molar-refractivity contribution in [3.8, 4) is 11.5 Å². The van der Waals surface area contributed by atoms with E-state index in [4.69, 9.17) is 9.47 Å². The molecule has 0 saturated heterocycles. The van der Waals surface area contributed by atoms with Crippen LogP contribution in [0.5, 0.6) is 11.5 Å². The minimum Gasteiger partial charge on any atom is -0.492 e. The monoisotopic (exact) mass is 494 g/mol. The summed E-state index contributed by atoms with van der Waals surface area (Å²) >= 11 is 0. The first-order valence-electron chi connectivity index (χ1n) is 11.5. The Morgan fingerprint density at radius 1 is 1.03 bits per heavy atom. The normalized spacial score (nSPS) is 15.6. The fraction of sp³-hybridized carbons (Fsp3) is 0.296. The van der Waals surface area contributed by atoms with E-state index in [0.717, 1.165) is 5.56 Å². The van der Waals surface area contributed by atoms with Crippen molar-refractivity contribution in [1.29, 1.82) is 0 Å². The summed E-state index contributed by atoms with van der Waals surface area (Å²) < 4.78 is 40.1. The Labute approximate surface area is 206 Å². The van der Waals surface area contributed by atoms with E-state index in [9.17, 15) is 13.2 Å². The largest absolute Gasteiger partial charge is 0.492 e. The van der Waals surface area contributed by atoms with E-state index in [0.29, 0.717) is 17.2 Å². The van der Waals surface area contributed by atoms with Gasteiger partial charge in [-0.25, -0.2) is 8.42 Å². The molecule has 8 heteroatoms. The molecule has 0 saturated carbocycles. The molecular weight excluding hydrogens is 464 g/mol. The molecule has 1 heterocycles. The molecule has 1 N–H and O–H groups in total. The molecule has 0 radical (unpaired) electrons. The molecule has 3 aromatic rings. The molecule has 0 fully saturated rings. The summed E-state index contributed by atoms with van der Waals surface area (Å²) in [5.74, 6) is 0.657. The van der Waals surface area contributed by atoms with Crippen LogP contribution in [0.3, 0.4) is 0 Å². The van der Waals surface area contributed by atoms with Crippen LogP contribution in [0, 0.1) is 0 Å². The van der Waals surface area contributed by atoms with Gasteiger partial charge in [0.25, 0.3) is 15.9 Å². The molecule has 35 heavy (non-hydrogen) atoms. The van der Waals surface area contributed by atoms with E-state index in [1.807, 2.05) is 42.5 Å². The van der Waals surface area contributed by atoms with E-state index >= 15 is 0 Å². The van der Waals surface area contributed by atoms with Gasteiger partial charge in [-0.2, -0.15) is 0 Å². The molecule has 0 aromatic heterocycles. The van der Waals surface area contributed by atoms with Gasteiger partial charge in [0.05, 0.1) is 23.7 Å². The van der Waals surface area contributed by atoms with Gasteiger partial charge in [-0.3, -0.25) is 9.10 Å². The van der Waals surface area contributed by atoms with Crippen LogP contribution in [-0.4, -0.2) is 40.1 Å². The molecule has 0 unspecified atom stereocenters. The molecule has 0 spiro atoms. The first-order chi connectivity index (χ1) is 16.7. The van der Waals surface area contributed by atoms with Gasteiger partial charge in [0, 0.05) is 0 Å². The Hall–Kier alpha value is -3.52. The summed E-state index contributed by atoms with van der Waals surface area (Å²) in [5, 5.41) is 2.79. The second-order valence-electron chi connectivity index (χ2n) is 9.34. The summed E-state index contributed by atoms with van der Waals surface area (Å²) in [6.45, 7) is 6.57. The van der Waals surface area contributed by atoms with Gasteiger partial charge >= 0.3 is 0 Å².